The minimum Gasteiger partial charge on any atom is -0.476 e. The summed E-state index contributed by atoms with van der Waals surface area (Å²) in [4.78, 5) is 0. The SMILES string of the molecule is CCO/C(O)=C(/[n+]1ccccc1CC)P(Cl)Cl. The monoisotopic (exact) mass is 294 g/mol. The summed E-state index contributed by atoms with van der Waals surface area (Å²) in [7, 11) is 0. The molecule has 0 unspecified atom stereocenters. The molecule has 0 spiro atoms. The van der Waals surface area contributed by atoms with Gasteiger partial charge in [-0.05, 0) is 6.92 Å². The van der Waals surface area contributed by atoms with Crippen molar-refractivity contribution in [2.75, 3.05) is 6.61 Å². The van der Waals surface area contributed by atoms with Crippen LogP contribution in [0.4, 0.5) is 0 Å². The summed E-state index contributed by atoms with van der Waals surface area (Å²) in [6, 6.07) is 5.73. The molecule has 3 nitrogen and oxygen atoms in total. The van der Waals surface area contributed by atoms with E-state index >= 15 is 0 Å². The van der Waals surface area contributed by atoms with Crippen molar-refractivity contribution in [3.8, 4) is 0 Å². The molecular formula is C11H15Cl2NO2P+. The quantitative estimate of drug-likeness (QED) is 0.506. The van der Waals surface area contributed by atoms with E-state index in [2.05, 4.69) is 0 Å². The first kappa shape index (κ1) is 14.6. The molecule has 0 bridgehead atoms. The molecule has 0 saturated carbocycles. The maximum Gasteiger partial charge on any atom is 0.355 e. The van der Waals surface area contributed by atoms with Crippen molar-refractivity contribution in [1.29, 1.82) is 0 Å². The minimum absolute atomic E-state index is 0.213. The number of hydrogen-bond donors (Lipinski definition) is 1. The number of pyridine rings is 1. The van der Waals surface area contributed by atoms with Crippen molar-refractivity contribution in [1.82, 2.24) is 0 Å². The van der Waals surface area contributed by atoms with Crippen LogP contribution in [0.1, 0.15) is 19.5 Å². The fraction of sp³-hybridized carbons (Fsp3) is 0.364. The highest BCUT2D eigenvalue weighted by molar-refractivity contribution is 8.10. The Balaban J connectivity index is 3.28. The lowest BCUT2D eigenvalue weighted by Crippen LogP contribution is -2.36. The molecule has 1 rings (SSSR count). The fourth-order valence-corrected chi connectivity index (χ4v) is 2.92. The van der Waals surface area contributed by atoms with Crippen LogP contribution in [0.5, 0.6) is 0 Å². The first-order valence-corrected chi connectivity index (χ1v) is 8.44. The largest absolute Gasteiger partial charge is 0.476 e. The number of rotatable bonds is 5. The van der Waals surface area contributed by atoms with Gasteiger partial charge in [-0.1, -0.05) is 35.5 Å². The summed E-state index contributed by atoms with van der Waals surface area (Å²) in [6.45, 7) is 2.67. The first-order valence-electron chi connectivity index (χ1n) is 5.29. The minimum atomic E-state index is -1.50. The number of ether oxygens (including phenoxy) is 1. The predicted octanol–water partition coefficient (Wildman–Crippen LogP) is 4.00. The van der Waals surface area contributed by atoms with Gasteiger partial charge >= 0.3 is 11.4 Å². The zero-order valence-electron chi connectivity index (χ0n) is 9.73. The van der Waals surface area contributed by atoms with Crippen molar-refractivity contribution in [2.24, 2.45) is 0 Å². The van der Waals surface area contributed by atoms with E-state index in [0.717, 1.165) is 12.1 Å². The van der Waals surface area contributed by atoms with Crippen LogP contribution in [0.3, 0.4) is 0 Å². The van der Waals surface area contributed by atoms with Crippen molar-refractivity contribution in [3.05, 3.63) is 36.0 Å². The van der Waals surface area contributed by atoms with Crippen molar-refractivity contribution >= 4 is 34.5 Å². The van der Waals surface area contributed by atoms with E-state index < -0.39 is 6.63 Å². The Morgan fingerprint density at radius 1 is 1.41 bits per heavy atom. The Hall–Kier alpha value is -0.500. The molecule has 1 N–H and O–H groups in total. The molecule has 0 radical (unpaired) electrons. The summed E-state index contributed by atoms with van der Waals surface area (Å²) < 4.78 is 6.86. The topological polar surface area (TPSA) is 33.3 Å². The second kappa shape index (κ2) is 7.05. The Kier molecular flexibility index (Phi) is 6.04. The standard InChI is InChI=1S/C11H14Cl2NO2P/c1-3-9-7-5-6-8-14(9)10(17(12)13)11(15)16-4-2/h5-8H,3-4H2,1-2H3/p+1/b11-10-. The van der Waals surface area contributed by atoms with Crippen molar-refractivity contribution < 1.29 is 14.4 Å². The van der Waals surface area contributed by atoms with Gasteiger partial charge in [-0.15, -0.1) is 0 Å². The summed E-state index contributed by atoms with van der Waals surface area (Å²) >= 11 is 11.9. The van der Waals surface area contributed by atoms with E-state index in [1.165, 1.54) is 0 Å². The number of hydrogen-bond acceptors (Lipinski definition) is 2. The molecule has 0 saturated heterocycles. The molecule has 94 valence electrons. The molecule has 6 heteroatoms. The highest BCUT2D eigenvalue weighted by atomic mass is 35.9. The smallest absolute Gasteiger partial charge is 0.355 e. The van der Waals surface area contributed by atoms with Gasteiger partial charge in [-0.3, -0.25) is 0 Å². The molecule has 0 aliphatic carbocycles. The number of aryl methyl sites for hydroxylation is 1. The average Bonchev–Trinajstić information content (AvgIpc) is 2.30. The van der Waals surface area contributed by atoms with E-state index in [4.69, 9.17) is 27.2 Å². The van der Waals surface area contributed by atoms with Crippen LogP contribution in [-0.4, -0.2) is 11.7 Å². The van der Waals surface area contributed by atoms with E-state index in [0.29, 0.717) is 12.0 Å². The maximum atomic E-state index is 9.84. The highest BCUT2D eigenvalue weighted by Crippen LogP contribution is 2.55. The first-order chi connectivity index (χ1) is 8.11. The lowest BCUT2D eigenvalue weighted by Gasteiger charge is -2.08. The van der Waals surface area contributed by atoms with Crippen LogP contribution < -0.4 is 4.57 Å². The number of aromatic nitrogens is 1. The molecule has 1 heterocycles. The van der Waals surface area contributed by atoms with Gasteiger partial charge in [0.05, 0.1) is 6.61 Å². The van der Waals surface area contributed by atoms with Gasteiger partial charge in [0, 0.05) is 18.6 Å². The van der Waals surface area contributed by atoms with Crippen LogP contribution >= 0.6 is 29.1 Å². The number of aliphatic hydroxyl groups excluding tert-OH is 1. The van der Waals surface area contributed by atoms with E-state index in [9.17, 15) is 5.11 Å². The Labute approximate surface area is 112 Å². The molecule has 0 amide bonds. The Morgan fingerprint density at radius 2 is 2.12 bits per heavy atom. The van der Waals surface area contributed by atoms with Gasteiger partial charge < -0.3 is 9.84 Å². The second-order valence-electron chi connectivity index (χ2n) is 3.21. The number of nitrogens with zero attached hydrogens (tertiary/aromatic N) is 1. The van der Waals surface area contributed by atoms with Crippen LogP contribution in [0, 0.1) is 0 Å². The van der Waals surface area contributed by atoms with Gasteiger partial charge in [-0.2, -0.15) is 4.57 Å². The third-order valence-electron chi connectivity index (χ3n) is 2.17. The fourth-order valence-electron chi connectivity index (χ4n) is 1.43. The molecule has 0 aliphatic heterocycles. The molecule has 0 fully saturated rings. The predicted molar refractivity (Wildman–Crippen MR) is 72.1 cm³/mol. The third-order valence-corrected chi connectivity index (χ3v) is 3.85. The van der Waals surface area contributed by atoms with Crippen molar-refractivity contribution in [2.45, 2.75) is 20.3 Å². The molecule has 0 atom stereocenters. The lowest BCUT2D eigenvalue weighted by atomic mass is 10.3. The normalized spacial score (nSPS) is 12.5. The summed E-state index contributed by atoms with van der Waals surface area (Å²) in [5, 5.41) is 9.84. The van der Waals surface area contributed by atoms with E-state index in [1.54, 1.807) is 11.5 Å². The molecule has 17 heavy (non-hydrogen) atoms. The van der Waals surface area contributed by atoms with E-state index in [-0.39, 0.29) is 5.95 Å². The Morgan fingerprint density at radius 3 is 2.65 bits per heavy atom. The van der Waals surface area contributed by atoms with Gasteiger partial charge in [-0.25, -0.2) is 0 Å². The van der Waals surface area contributed by atoms with Gasteiger partial charge in [0.15, 0.2) is 18.5 Å². The maximum absolute atomic E-state index is 9.84. The van der Waals surface area contributed by atoms with Crippen LogP contribution in [0.2, 0.25) is 0 Å². The van der Waals surface area contributed by atoms with Gasteiger partial charge in [0.2, 0.25) is 0 Å². The van der Waals surface area contributed by atoms with Gasteiger partial charge in [0.25, 0.3) is 0 Å². The number of halogens is 2. The van der Waals surface area contributed by atoms with Crippen LogP contribution in [-0.2, 0) is 11.2 Å². The van der Waals surface area contributed by atoms with E-state index in [1.807, 2.05) is 31.3 Å². The average molecular weight is 295 g/mol. The zero-order valence-corrected chi connectivity index (χ0v) is 12.1. The molecule has 0 aromatic carbocycles. The van der Waals surface area contributed by atoms with Crippen LogP contribution in [0.25, 0.3) is 5.44 Å². The summed E-state index contributed by atoms with van der Waals surface area (Å²) in [6.07, 6.45) is 2.62. The van der Waals surface area contributed by atoms with Crippen LogP contribution in [0.15, 0.2) is 30.3 Å². The van der Waals surface area contributed by atoms with Crippen molar-refractivity contribution in [3.63, 3.8) is 0 Å². The summed E-state index contributed by atoms with van der Waals surface area (Å²) in [5.74, 6) is -0.213. The lowest BCUT2D eigenvalue weighted by molar-refractivity contribution is -0.585. The molecule has 1 aromatic rings. The molecule has 0 aliphatic rings. The van der Waals surface area contributed by atoms with Gasteiger partial charge in [0.1, 0.15) is 0 Å². The third kappa shape index (κ3) is 3.74. The zero-order chi connectivity index (χ0) is 12.8. The Bertz CT molecular complexity index is 410. The number of aliphatic hydroxyl groups is 1. The molecule has 1 aromatic heterocycles. The molecular weight excluding hydrogens is 280 g/mol. The second-order valence-corrected chi connectivity index (χ2v) is 6.65. The summed E-state index contributed by atoms with van der Waals surface area (Å²) in [5.41, 5.74) is 1.41. The highest BCUT2D eigenvalue weighted by Gasteiger charge is 2.28.